The molecule has 2 aliphatic rings. The van der Waals surface area contributed by atoms with Crippen molar-refractivity contribution in [1.82, 2.24) is 14.9 Å². The maximum atomic E-state index is 9.14. The summed E-state index contributed by atoms with van der Waals surface area (Å²) >= 11 is 0. The molecular formula is C14H19N5. The summed E-state index contributed by atoms with van der Waals surface area (Å²) in [6.07, 6.45) is 6.98. The van der Waals surface area contributed by atoms with E-state index in [1.807, 2.05) is 0 Å². The lowest BCUT2D eigenvalue weighted by Gasteiger charge is -2.46. The highest BCUT2D eigenvalue weighted by Crippen LogP contribution is 2.31. The molecule has 3 rings (SSSR count). The monoisotopic (exact) mass is 257 g/mol. The van der Waals surface area contributed by atoms with Crippen LogP contribution in [0.5, 0.6) is 0 Å². The third kappa shape index (κ3) is 2.28. The molecule has 0 N–H and O–H groups in total. The summed E-state index contributed by atoms with van der Waals surface area (Å²) < 4.78 is 0. The first-order valence-electron chi connectivity index (χ1n) is 6.96. The van der Waals surface area contributed by atoms with Gasteiger partial charge in [0.05, 0.1) is 0 Å². The van der Waals surface area contributed by atoms with Gasteiger partial charge in [0.1, 0.15) is 6.07 Å². The average Bonchev–Trinajstić information content (AvgIpc) is 2.47. The Morgan fingerprint density at radius 3 is 2.95 bits per heavy atom. The summed E-state index contributed by atoms with van der Waals surface area (Å²) in [5.41, 5.74) is 0.449. The summed E-state index contributed by atoms with van der Waals surface area (Å²) in [5.74, 6) is 1.46. The van der Waals surface area contributed by atoms with E-state index in [-0.39, 0.29) is 0 Å². The van der Waals surface area contributed by atoms with Gasteiger partial charge in [-0.2, -0.15) is 5.26 Å². The van der Waals surface area contributed by atoms with E-state index >= 15 is 0 Å². The van der Waals surface area contributed by atoms with Crippen LogP contribution < -0.4 is 4.90 Å². The summed E-state index contributed by atoms with van der Waals surface area (Å²) in [6.45, 7) is 3.19. The minimum Gasteiger partial charge on any atom is -0.354 e. The van der Waals surface area contributed by atoms with Crippen LogP contribution in [0.4, 0.5) is 5.82 Å². The van der Waals surface area contributed by atoms with Gasteiger partial charge in [0.2, 0.25) is 0 Å². The highest BCUT2D eigenvalue weighted by atomic mass is 15.2. The number of piperidine rings is 2. The van der Waals surface area contributed by atoms with Crippen LogP contribution in [0.2, 0.25) is 0 Å². The molecule has 19 heavy (non-hydrogen) atoms. The molecule has 0 radical (unpaired) electrons. The van der Waals surface area contributed by atoms with Crippen molar-refractivity contribution in [2.45, 2.75) is 25.3 Å². The van der Waals surface area contributed by atoms with Crippen LogP contribution in [0.25, 0.3) is 0 Å². The smallest absolute Gasteiger partial charge is 0.183 e. The van der Waals surface area contributed by atoms with Gasteiger partial charge in [-0.25, -0.2) is 9.97 Å². The molecule has 0 saturated carbocycles. The van der Waals surface area contributed by atoms with Crippen molar-refractivity contribution in [3.05, 3.63) is 18.1 Å². The quantitative estimate of drug-likeness (QED) is 0.758. The first-order valence-corrected chi connectivity index (χ1v) is 6.96. The van der Waals surface area contributed by atoms with Gasteiger partial charge in [0.25, 0.3) is 0 Å². The fourth-order valence-electron chi connectivity index (χ4n) is 3.49. The lowest BCUT2D eigenvalue weighted by atomic mass is 9.84. The molecule has 2 saturated heterocycles. The molecule has 1 aromatic rings. The molecule has 2 unspecified atom stereocenters. The van der Waals surface area contributed by atoms with Crippen molar-refractivity contribution < 1.29 is 0 Å². The van der Waals surface area contributed by atoms with Crippen molar-refractivity contribution in [3.63, 3.8) is 0 Å². The van der Waals surface area contributed by atoms with E-state index in [1.54, 1.807) is 12.4 Å². The number of aromatic nitrogens is 2. The molecule has 3 heterocycles. The normalized spacial score (nSPS) is 27.7. The summed E-state index contributed by atoms with van der Waals surface area (Å²) in [5, 5.41) is 9.14. The molecular weight excluding hydrogens is 238 g/mol. The van der Waals surface area contributed by atoms with Gasteiger partial charge in [-0.1, -0.05) is 0 Å². The fourth-order valence-corrected chi connectivity index (χ4v) is 3.49. The van der Waals surface area contributed by atoms with E-state index in [9.17, 15) is 0 Å². The van der Waals surface area contributed by atoms with Gasteiger partial charge in [-0.05, 0) is 38.8 Å². The van der Waals surface area contributed by atoms with Gasteiger partial charge in [0, 0.05) is 31.5 Å². The minimum atomic E-state index is 0.449. The number of hydrogen-bond acceptors (Lipinski definition) is 5. The second kappa shape index (κ2) is 5.14. The Morgan fingerprint density at radius 2 is 2.11 bits per heavy atom. The third-order valence-corrected chi connectivity index (χ3v) is 4.43. The number of likely N-dealkylation sites (tertiary alicyclic amines) is 1. The largest absolute Gasteiger partial charge is 0.354 e. The van der Waals surface area contributed by atoms with Crippen LogP contribution >= 0.6 is 0 Å². The highest BCUT2D eigenvalue weighted by molar-refractivity contribution is 5.49. The molecule has 5 nitrogen and oxygen atoms in total. The van der Waals surface area contributed by atoms with Crippen molar-refractivity contribution in [1.29, 1.82) is 5.26 Å². The molecule has 0 bridgehead atoms. The maximum Gasteiger partial charge on any atom is 0.183 e. The molecule has 0 aromatic carbocycles. The Labute approximate surface area is 113 Å². The summed E-state index contributed by atoms with van der Waals surface area (Å²) in [7, 11) is 2.23. The summed E-state index contributed by atoms with van der Waals surface area (Å²) in [6, 6.07) is 2.85. The van der Waals surface area contributed by atoms with Crippen LogP contribution in [0, 0.1) is 17.2 Å². The predicted octanol–water partition coefficient (Wildman–Crippen LogP) is 1.27. The zero-order valence-electron chi connectivity index (χ0n) is 11.3. The first-order chi connectivity index (χ1) is 9.29. The molecule has 2 atom stereocenters. The molecule has 1 aromatic heterocycles. The van der Waals surface area contributed by atoms with Crippen LogP contribution in [0.3, 0.4) is 0 Å². The topological polar surface area (TPSA) is 56.1 Å². The van der Waals surface area contributed by atoms with Crippen LogP contribution in [0.1, 0.15) is 25.0 Å². The molecule has 0 aliphatic carbocycles. The Bertz CT molecular complexity index is 495. The molecule has 2 aliphatic heterocycles. The van der Waals surface area contributed by atoms with Gasteiger partial charge in [-0.15, -0.1) is 0 Å². The van der Waals surface area contributed by atoms with Crippen molar-refractivity contribution >= 4 is 5.82 Å². The molecule has 0 spiro atoms. The number of rotatable bonds is 1. The molecule has 2 fully saturated rings. The molecule has 0 amide bonds. The minimum absolute atomic E-state index is 0.449. The summed E-state index contributed by atoms with van der Waals surface area (Å²) in [4.78, 5) is 13.2. The maximum absolute atomic E-state index is 9.14. The van der Waals surface area contributed by atoms with E-state index in [0.717, 1.165) is 25.3 Å². The number of hydrogen-bond donors (Lipinski definition) is 0. The van der Waals surface area contributed by atoms with E-state index in [2.05, 4.69) is 32.9 Å². The van der Waals surface area contributed by atoms with Crippen molar-refractivity contribution in [2.24, 2.45) is 5.92 Å². The van der Waals surface area contributed by atoms with Crippen LogP contribution in [-0.4, -0.2) is 47.6 Å². The molecule has 5 heteroatoms. The SMILES string of the molecule is CN1CCCC2CN(c3nccnc3C#N)CCC21. The van der Waals surface area contributed by atoms with E-state index in [0.29, 0.717) is 17.7 Å². The van der Waals surface area contributed by atoms with Gasteiger partial charge >= 0.3 is 0 Å². The number of anilines is 1. The van der Waals surface area contributed by atoms with E-state index in [4.69, 9.17) is 5.26 Å². The fraction of sp³-hybridized carbons (Fsp3) is 0.643. The van der Waals surface area contributed by atoms with Crippen LogP contribution in [0.15, 0.2) is 12.4 Å². The zero-order valence-corrected chi connectivity index (χ0v) is 11.3. The van der Waals surface area contributed by atoms with E-state index in [1.165, 1.54) is 19.4 Å². The molecule has 100 valence electrons. The lowest BCUT2D eigenvalue weighted by Crippen LogP contribution is -2.53. The van der Waals surface area contributed by atoms with Gasteiger partial charge in [-0.3, -0.25) is 0 Å². The van der Waals surface area contributed by atoms with Gasteiger partial charge in [0.15, 0.2) is 11.5 Å². The van der Waals surface area contributed by atoms with Gasteiger partial charge < -0.3 is 9.80 Å². The average molecular weight is 257 g/mol. The number of nitrogens with zero attached hydrogens (tertiary/aromatic N) is 5. The highest BCUT2D eigenvalue weighted by Gasteiger charge is 2.35. The lowest BCUT2D eigenvalue weighted by molar-refractivity contribution is 0.102. The predicted molar refractivity (Wildman–Crippen MR) is 72.7 cm³/mol. The standard InChI is InChI=1S/C14H19N5/c1-18-7-2-3-11-10-19(8-4-13(11)18)14-12(9-15)16-5-6-17-14/h5-6,11,13H,2-4,7-8,10H2,1H3. The van der Waals surface area contributed by atoms with E-state index < -0.39 is 0 Å². The Hall–Kier alpha value is -1.67. The second-order valence-corrected chi connectivity index (χ2v) is 5.53. The first kappa shape index (κ1) is 12.4. The Balaban J connectivity index is 1.79. The van der Waals surface area contributed by atoms with Crippen molar-refractivity contribution in [2.75, 3.05) is 31.6 Å². The van der Waals surface area contributed by atoms with Crippen LogP contribution in [-0.2, 0) is 0 Å². The second-order valence-electron chi connectivity index (χ2n) is 5.53. The third-order valence-electron chi connectivity index (χ3n) is 4.43. The van der Waals surface area contributed by atoms with Crippen molar-refractivity contribution in [3.8, 4) is 6.07 Å². The number of nitriles is 1. The zero-order chi connectivity index (χ0) is 13.2. The Kier molecular flexibility index (Phi) is 3.34. The Morgan fingerprint density at radius 1 is 1.26 bits per heavy atom. The number of fused-ring (bicyclic) bond motifs is 1.